The molecular formula is C57H92N12O14S2. The molecule has 1 aromatic carbocycles. The van der Waals surface area contributed by atoms with Crippen molar-refractivity contribution >= 4 is 98.4 Å². The van der Waals surface area contributed by atoms with Gasteiger partial charge in [0.25, 0.3) is 0 Å². The number of ether oxygens (including phenoxy) is 1. The quantitative estimate of drug-likeness (QED) is 0.0278. The fraction of sp³-hybridized carbons (Fsp3) is 0.667. The number of hydrogen-bond acceptors (Lipinski definition) is 16. The first-order valence-corrected chi connectivity index (χ1v) is 30.6. The molecule has 0 aliphatic carbocycles. The summed E-state index contributed by atoms with van der Waals surface area (Å²) in [5, 5.41) is 30.9. The average Bonchev–Trinajstić information content (AvgIpc) is 4.05. The second-order valence-corrected chi connectivity index (χ2v) is 27.4. The molecule has 1 heterocycles. The summed E-state index contributed by atoms with van der Waals surface area (Å²) >= 11 is 0. The smallest absolute Gasteiger partial charge is 0.331 e. The van der Waals surface area contributed by atoms with Gasteiger partial charge in [-0.1, -0.05) is 58.3 Å². The Morgan fingerprint density at radius 3 is 1.02 bits per heavy atom. The molecule has 1 saturated heterocycles. The molecule has 28 heteroatoms. The molecule has 0 bridgehead atoms. The van der Waals surface area contributed by atoms with Crippen molar-refractivity contribution in [2.75, 3.05) is 5.75 Å². The molecule has 12 amide bonds. The van der Waals surface area contributed by atoms with E-state index in [1.165, 1.54) is 125 Å². The average molecular weight is 1230 g/mol. The molecule has 0 aromatic heterocycles. The number of esters is 1. The molecule has 2 rings (SSSR count). The Balaban J connectivity index is 1.86. The monoisotopic (exact) mass is 1230 g/mol. The molecule has 7 atom stereocenters. The van der Waals surface area contributed by atoms with Crippen molar-refractivity contribution in [1.82, 2.24) is 63.8 Å². The van der Waals surface area contributed by atoms with Gasteiger partial charge in [-0.05, 0) is 149 Å². The molecule has 0 radical (unpaired) electrons. The zero-order chi connectivity index (χ0) is 65.2. The predicted molar refractivity (Wildman–Crippen MR) is 322 cm³/mol. The molecule has 1 aliphatic rings. The van der Waals surface area contributed by atoms with Gasteiger partial charge in [0.05, 0.1) is 0 Å². The van der Waals surface area contributed by atoms with E-state index in [4.69, 9.17) is 4.74 Å². The lowest BCUT2D eigenvalue weighted by Crippen LogP contribution is -2.65. The molecule has 1 unspecified atom stereocenters. The zero-order valence-corrected chi connectivity index (χ0v) is 54.0. The summed E-state index contributed by atoms with van der Waals surface area (Å²) in [7, 11) is 3.74. The van der Waals surface area contributed by atoms with E-state index in [2.05, 4.69) is 63.8 Å². The Bertz CT molecular complexity index is 2620. The minimum atomic E-state index is -1.69. The number of hydrogen-bond donors (Lipinski definition) is 12. The van der Waals surface area contributed by atoms with Crippen molar-refractivity contribution in [2.24, 2.45) is 0 Å². The van der Waals surface area contributed by atoms with Crippen LogP contribution < -0.4 is 63.8 Å². The maximum atomic E-state index is 13.5. The lowest BCUT2D eigenvalue weighted by atomic mass is 10.0. The third-order valence-corrected chi connectivity index (χ3v) is 16.6. The third kappa shape index (κ3) is 24.1. The molecule has 26 nitrogen and oxygen atoms in total. The van der Waals surface area contributed by atoms with Gasteiger partial charge in [-0.3, -0.25) is 57.5 Å². The van der Waals surface area contributed by atoms with Crippen molar-refractivity contribution in [3.8, 4) is 0 Å². The molecule has 1 fully saturated rings. The van der Waals surface area contributed by atoms with Crippen molar-refractivity contribution in [3.63, 3.8) is 0 Å². The summed E-state index contributed by atoms with van der Waals surface area (Å²) in [5.74, 6) is -8.37. The largest absolute Gasteiger partial charge is 0.459 e. The normalized spacial score (nSPS) is 15.9. The molecule has 12 N–H and O–H groups in total. The molecule has 0 saturated carbocycles. The Morgan fingerprint density at radius 1 is 0.435 bits per heavy atom. The van der Waals surface area contributed by atoms with Crippen LogP contribution in [-0.2, 0) is 73.7 Å². The van der Waals surface area contributed by atoms with Crippen LogP contribution in [-0.4, -0.2) is 157 Å². The first-order chi connectivity index (χ1) is 38.9. The second-order valence-electron chi connectivity index (χ2n) is 24.6. The SMILES string of the molecule is C[C@H](NC(=O)CCCCC1CCSS1)C(=O)NC(C)(C)C(=O)N[C@@H](C)C(=O)NC(C)(C)C(=O)N[C@@H](C)C(=O)NC(C)(C)C(=O)N[C@@H](C)C(=O)NC(C)(C)C(=O)N[C@@H](C)C(=O)NC(C)(C)C(=O)N[C@@H](C)C(=O)NC(C)(C)C(=O)OCc1ccccc1. The number of amides is 12. The highest BCUT2D eigenvalue weighted by Crippen LogP contribution is 2.40. The van der Waals surface area contributed by atoms with E-state index < -0.39 is 140 Å². The van der Waals surface area contributed by atoms with Crippen molar-refractivity contribution in [2.45, 2.75) is 238 Å². The minimum Gasteiger partial charge on any atom is -0.459 e. The van der Waals surface area contributed by atoms with Crippen molar-refractivity contribution in [3.05, 3.63) is 35.9 Å². The fourth-order valence-corrected chi connectivity index (χ4v) is 10.6. The van der Waals surface area contributed by atoms with Gasteiger partial charge >= 0.3 is 5.97 Å². The van der Waals surface area contributed by atoms with E-state index in [0.717, 1.165) is 30.6 Å². The highest BCUT2D eigenvalue weighted by molar-refractivity contribution is 8.77. The Labute approximate surface area is 506 Å². The Kier molecular flexibility index (Phi) is 27.4. The standard InChI is InChI=1S/C57H92N12O14S2/c1-31(58-39(70)27-23-22-26-38-28-29-84-85-38)40(71)64-52(7,8)46(77)59-32(2)41(72)65-53(9,10)47(78)60-33(3)42(73)66-54(11,12)48(79)61-34(4)43(74)67-55(13,14)49(80)62-35(5)44(75)68-56(15,16)50(81)63-36(6)45(76)69-57(17,18)51(82)83-30-37-24-20-19-21-25-37/h19-21,24-25,31-36,38H,22-23,26-30H2,1-18H3,(H,58,70)(H,59,77)(H,60,78)(H,61,79)(H,62,80)(H,63,81)(H,64,71)(H,65,72)(H,66,73)(H,67,74)(H,68,75)(H,69,76)/t31-,32-,33-,34-,35-,36-,38?/m0/s1. The Morgan fingerprint density at radius 2 is 0.729 bits per heavy atom. The lowest BCUT2D eigenvalue weighted by molar-refractivity contribution is -0.153. The Hall–Kier alpha value is -6.97. The van der Waals surface area contributed by atoms with Crippen LogP contribution in [0.1, 0.15) is 162 Å². The van der Waals surface area contributed by atoms with Crippen LogP contribution in [0.25, 0.3) is 0 Å². The number of nitrogens with one attached hydrogen (secondary N) is 12. The molecular weight excluding hydrogens is 1140 g/mol. The van der Waals surface area contributed by atoms with Gasteiger partial charge in [-0.15, -0.1) is 0 Å². The van der Waals surface area contributed by atoms with Crippen LogP contribution in [0.15, 0.2) is 30.3 Å². The molecule has 1 aliphatic heterocycles. The van der Waals surface area contributed by atoms with Gasteiger partial charge in [0.15, 0.2) is 0 Å². The third-order valence-electron chi connectivity index (χ3n) is 13.6. The van der Waals surface area contributed by atoms with Gasteiger partial charge in [0.1, 0.15) is 76.1 Å². The number of carbonyl (C=O) groups is 13. The van der Waals surface area contributed by atoms with Gasteiger partial charge in [0, 0.05) is 17.4 Å². The number of benzene rings is 1. The van der Waals surface area contributed by atoms with Crippen LogP contribution in [0.5, 0.6) is 0 Å². The maximum absolute atomic E-state index is 13.5. The van der Waals surface area contributed by atoms with E-state index in [1.807, 2.05) is 27.7 Å². The number of carbonyl (C=O) groups excluding carboxylic acids is 13. The van der Waals surface area contributed by atoms with Gasteiger partial charge in [0.2, 0.25) is 70.9 Å². The minimum absolute atomic E-state index is 0.0152. The van der Waals surface area contributed by atoms with E-state index in [9.17, 15) is 62.3 Å². The highest BCUT2D eigenvalue weighted by Gasteiger charge is 2.41. The van der Waals surface area contributed by atoms with Gasteiger partial charge < -0.3 is 68.5 Å². The topological polar surface area (TPSA) is 375 Å². The summed E-state index contributed by atoms with van der Waals surface area (Å²) < 4.78 is 5.35. The number of unbranched alkanes of at least 4 members (excludes halogenated alkanes) is 1. The molecule has 0 spiro atoms. The maximum Gasteiger partial charge on any atom is 0.331 e. The summed E-state index contributed by atoms with van der Waals surface area (Å²) in [6.07, 6.45) is 4.06. The summed E-state index contributed by atoms with van der Waals surface area (Å²) in [4.78, 5) is 171. The van der Waals surface area contributed by atoms with Crippen LogP contribution in [0, 0.1) is 0 Å². The van der Waals surface area contributed by atoms with Gasteiger partial charge in [-0.2, -0.15) is 0 Å². The van der Waals surface area contributed by atoms with Crippen LogP contribution in [0.4, 0.5) is 0 Å². The van der Waals surface area contributed by atoms with Crippen LogP contribution >= 0.6 is 21.6 Å². The lowest BCUT2D eigenvalue weighted by Gasteiger charge is -2.32. The van der Waals surface area contributed by atoms with Crippen molar-refractivity contribution in [1.29, 1.82) is 0 Å². The highest BCUT2D eigenvalue weighted by atomic mass is 33.1. The molecule has 476 valence electrons. The van der Waals surface area contributed by atoms with E-state index >= 15 is 0 Å². The first kappa shape index (κ1) is 74.1. The van der Waals surface area contributed by atoms with Gasteiger partial charge in [-0.25, -0.2) is 4.79 Å². The summed E-state index contributed by atoms with van der Waals surface area (Å²) in [6.45, 7) is 24.8. The summed E-state index contributed by atoms with van der Waals surface area (Å²) in [5.41, 5.74) is -8.88. The molecule has 85 heavy (non-hydrogen) atoms. The fourth-order valence-electron chi connectivity index (χ4n) is 7.55. The summed E-state index contributed by atoms with van der Waals surface area (Å²) in [6, 6.07) is 1.80. The van der Waals surface area contributed by atoms with E-state index in [1.54, 1.807) is 24.3 Å². The first-order valence-electron chi connectivity index (χ1n) is 28.2. The van der Waals surface area contributed by atoms with Crippen molar-refractivity contribution < 1.29 is 67.1 Å². The second kappa shape index (κ2) is 31.4. The van der Waals surface area contributed by atoms with E-state index in [-0.39, 0.29) is 18.9 Å². The molecule has 1 aromatic rings. The van der Waals surface area contributed by atoms with Crippen LogP contribution in [0.3, 0.4) is 0 Å². The van der Waals surface area contributed by atoms with E-state index in [0.29, 0.717) is 11.7 Å². The number of rotatable bonds is 31. The van der Waals surface area contributed by atoms with Crippen LogP contribution in [0.2, 0.25) is 0 Å². The predicted octanol–water partition coefficient (Wildman–Crippen LogP) is 0.841. The zero-order valence-electron chi connectivity index (χ0n) is 52.4.